The number of hydrogen-bond acceptors (Lipinski definition) is 3. The molecule has 1 amide bonds. The largest absolute Gasteiger partial charge is 0.484 e. The number of fused-ring (bicyclic) bond motifs is 1. The molecule has 2 heterocycles. The van der Waals surface area contributed by atoms with Crippen LogP contribution in [0.5, 0.6) is 5.75 Å². The molecule has 0 saturated carbocycles. The van der Waals surface area contributed by atoms with Crippen LogP contribution in [-0.4, -0.2) is 40.5 Å². The number of nitrogens with zero attached hydrogens (tertiary/aromatic N) is 2. The van der Waals surface area contributed by atoms with Crippen LogP contribution < -0.4 is 4.74 Å². The van der Waals surface area contributed by atoms with Crippen LogP contribution in [0.1, 0.15) is 24.6 Å². The first-order chi connectivity index (χ1) is 13.1. The van der Waals surface area contributed by atoms with Gasteiger partial charge in [-0.3, -0.25) is 4.79 Å². The summed E-state index contributed by atoms with van der Waals surface area (Å²) in [5.74, 6) is 1.09. The van der Waals surface area contributed by atoms with Crippen molar-refractivity contribution in [2.24, 2.45) is 0 Å². The smallest absolute Gasteiger partial charge is 0.260 e. The third-order valence-corrected chi connectivity index (χ3v) is 5.19. The summed E-state index contributed by atoms with van der Waals surface area (Å²) in [7, 11) is 0. The second-order valence-electron chi connectivity index (χ2n) is 6.66. The van der Waals surface area contributed by atoms with Crippen molar-refractivity contribution in [3.8, 4) is 5.75 Å². The van der Waals surface area contributed by atoms with Crippen molar-refractivity contribution < 1.29 is 13.9 Å². The van der Waals surface area contributed by atoms with Gasteiger partial charge in [0.15, 0.2) is 6.61 Å². The quantitative estimate of drug-likeness (QED) is 0.732. The molecule has 0 atom stereocenters. The van der Waals surface area contributed by atoms with Gasteiger partial charge >= 0.3 is 0 Å². The lowest BCUT2D eigenvalue weighted by Gasteiger charge is -2.31. The van der Waals surface area contributed by atoms with Crippen LogP contribution in [0.3, 0.4) is 0 Å². The number of hydrogen-bond donors (Lipinski definition) is 1. The van der Waals surface area contributed by atoms with E-state index < -0.39 is 5.82 Å². The highest BCUT2D eigenvalue weighted by Gasteiger charge is 2.26. The van der Waals surface area contributed by atoms with Crippen LogP contribution in [0.15, 0.2) is 42.5 Å². The highest BCUT2D eigenvalue weighted by molar-refractivity contribution is 6.30. The fourth-order valence-corrected chi connectivity index (χ4v) is 3.54. The Morgan fingerprint density at radius 1 is 1.26 bits per heavy atom. The molecule has 1 N–H and O–H groups in total. The maximum Gasteiger partial charge on any atom is 0.260 e. The SMILES string of the molecule is O=C(COc1ccc(F)c(Cl)c1)N1CCC(c2nc3ccccc3[nH]2)CC1. The standard InChI is InChI=1S/C20H19ClFN3O2/c21-15-11-14(5-6-16(15)22)27-12-19(26)25-9-7-13(8-10-25)20-23-17-3-1-2-4-18(17)24-20/h1-6,11,13H,7-10,12H2,(H,23,24). The van der Waals surface area contributed by atoms with Gasteiger partial charge in [-0.15, -0.1) is 0 Å². The number of carbonyl (C=O) groups excluding carboxylic acids is 1. The van der Waals surface area contributed by atoms with Gasteiger partial charge in [0, 0.05) is 25.1 Å². The molecule has 4 rings (SSSR count). The van der Waals surface area contributed by atoms with Gasteiger partial charge in [0.05, 0.1) is 16.1 Å². The molecule has 1 fully saturated rings. The number of ether oxygens (including phenoxy) is 1. The average molecular weight is 388 g/mol. The molecule has 7 heteroatoms. The van der Waals surface area contributed by atoms with Crippen molar-refractivity contribution in [2.75, 3.05) is 19.7 Å². The van der Waals surface area contributed by atoms with Gasteiger partial charge in [0.1, 0.15) is 17.4 Å². The number of amides is 1. The zero-order valence-electron chi connectivity index (χ0n) is 14.6. The molecule has 1 aliphatic heterocycles. The lowest BCUT2D eigenvalue weighted by atomic mass is 9.96. The van der Waals surface area contributed by atoms with E-state index in [2.05, 4.69) is 9.97 Å². The predicted octanol–water partition coefficient (Wildman–Crippen LogP) is 4.14. The molecule has 1 aliphatic rings. The second-order valence-corrected chi connectivity index (χ2v) is 7.07. The lowest BCUT2D eigenvalue weighted by Crippen LogP contribution is -2.40. The van der Waals surface area contributed by atoms with Crippen molar-refractivity contribution in [1.82, 2.24) is 14.9 Å². The van der Waals surface area contributed by atoms with Crippen molar-refractivity contribution >= 4 is 28.5 Å². The third kappa shape index (κ3) is 3.90. The summed E-state index contributed by atoms with van der Waals surface area (Å²) >= 11 is 5.72. The van der Waals surface area contributed by atoms with Crippen LogP contribution in [0.4, 0.5) is 4.39 Å². The number of piperidine rings is 1. The van der Waals surface area contributed by atoms with Crippen LogP contribution in [-0.2, 0) is 4.79 Å². The summed E-state index contributed by atoms with van der Waals surface area (Å²) in [6.07, 6.45) is 1.71. The maximum absolute atomic E-state index is 13.2. The van der Waals surface area contributed by atoms with E-state index in [4.69, 9.17) is 16.3 Å². The first-order valence-corrected chi connectivity index (χ1v) is 9.28. The first-order valence-electron chi connectivity index (χ1n) is 8.90. The van der Waals surface area contributed by atoms with Crippen LogP contribution >= 0.6 is 11.6 Å². The number of rotatable bonds is 4. The summed E-state index contributed by atoms with van der Waals surface area (Å²) < 4.78 is 18.6. The maximum atomic E-state index is 13.2. The lowest BCUT2D eigenvalue weighted by molar-refractivity contribution is -0.134. The van der Waals surface area contributed by atoms with E-state index >= 15 is 0 Å². The number of carbonyl (C=O) groups is 1. The minimum absolute atomic E-state index is 0.0217. The summed E-state index contributed by atoms with van der Waals surface area (Å²) in [5.41, 5.74) is 2.01. The Morgan fingerprint density at radius 2 is 2.04 bits per heavy atom. The fraction of sp³-hybridized carbons (Fsp3) is 0.300. The monoisotopic (exact) mass is 387 g/mol. The Balaban J connectivity index is 1.31. The summed E-state index contributed by atoms with van der Waals surface area (Å²) in [4.78, 5) is 22.2. The fourth-order valence-electron chi connectivity index (χ4n) is 3.37. The Kier molecular flexibility index (Phi) is 4.99. The molecule has 1 aromatic heterocycles. The summed E-state index contributed by atoms with van der Waals surface area (Å²) in [6, 6.07) is 12.0. The number of halogens is 2. The van der Waals surface area contributed by atoms with E-state index in [1.165, 1.54) is 18.2 Å². The molecule has 140 valence electrons. The van der Waals surface area contributed by atoms with Crippen molar-refractivity contribution in [3.05, 3.63) is 59.1 Å². The second kappa shape index (κ2) is 7.56. The van der Waals surface area contributed by atoms with E-state index in [-0.39, 0.29) is 17.5 Å². The number of aromatic nitrogens is 2. The van der Waals surface area contributed by atoms with E-state index in [1.807, 2.05) is 24.3 Å². The van der Waals surface area contributed by atoms with Gasteiger partial charge in [0.25, 0.3) is 5.91 Å². The Labute approximate surface area is 161 Å². The number of likely N-dealkylation sites (tertiary alicyclic amines) is 1. The molecule has 1 saturated heterocycles. The molecule has 27 heavy (non-hydrogen) atoms. The normalized spacial score (nSPS) is 15.3. The van der Waals surface area contributed by atoms with Crippen molar-refractivity contribution in [1.29, 1.82) is 0 Å². The average Bonchev–Trinajstić information content (AvgIpc) is 3.13. The number of aromatic amines is 1. The molecular formula is C20H19ClFN3O2. The molecule has 3 aromatic rings. The molecule has 2 aromatic carbocycles. The van der Waals surface area contributed by atoms with E-state index in [0.29, 0.717) is 24.8 Å². The van der Waals surface area contributed by atoms with E-state index in [9.17, 15) is 9.18 Å². The number of imidazole rings is 1. The van der Waals surface area contributed by atoms with Gasteiger partial charge in [-0.05, 0) is 37.1 Å². The highest BCUT2D eigenvalue weighted by Crippen LogP contribution is 2.28. The zero-order chi connectivity index (χ0) is 18.8. The summed E-state index contributed by atoms with van der Waals surface area (Å²) in [5, 5.41) is -0.0217. The number of benzene rings is 2. The Morgan fingerprint density at radius 3 is 2.78 bits per heavy atom. The van der Waals surface area contributed by atoms with Gasteiger partial charge in [-0.2, -0.15) is 0 Å². The Bertz CT molecular complexity index is 934. The van der Waals surface area contributed by atoms with Gasteiger partial charge in [-0.1, -0.05) is 23.7 Å². The number of para-hydroxylation sites is 2. The first kappa shape index (κ1) is 17.8. The predicted molar refractivity (Wildman–Crippen MR) is 102 cm³/mol. The molecule has 0 radical (unpaired) electrons. The number of nitrogens with one attached hydrogen (secondary N) is 1. The molecule has 5 nitrogen and oxygen atoms in total. The highest BCUT2D eigenvalue weighted by atomic mass is 35.5. The van der Waals surface area contributed by atoms with Crippen molar-refractivity contribution in [3.63, 3.8) is 0 Å². The molecule has 0 spiro atoms. The van der Waals surface area contributed by atoms with Crippen LogP contribution in [0.2, 0.25) is 5.02 Å². The van der Waals surface area contributed by atoms with E-state index in [0.717, 1.165) is 29.7 Å². The summed E-state index contributed by atoms with van der Waals surface area (Å²) in [6.45, 7) is 1.24. The van der Waals surface area contributed by atoms with Crippen molar-refractivity contribution in [2.45, 2.75) is 18.8 Å². The van der Waals surface area contributed by atoms with E-state index in [1.54, 1.807) is 4.90 Å². The van der Waals surface area contributed by atoms with Crippen LogP contribution in [0.25, 0.3) is 11.0 Å². The van der Waals surface area contributed by atoms with Gasteiger partial charge in [-0.25, -0.2) is 9.37 Å². The molecular weight excluding hydrogens is 369 g/mol. The Hall–Kier alpha value is -2.60. The topological polar surface area (TPSA) is 58.2 Å². The third-order valence-electron chi connectivity index (χ3n) is 4.90. The molecule has 0 unspecified atom stereocenters. The zero-order valence-corrected chi connectivity index (χ0v) is 15.4. The minimum Gasteiger partial charge on any atom is -0.484 e. The molecule has 0 bridgehead atoms. The van der Waals surface area contributed by atoms with Crippen LogP contribution in [0, 0.1) is 5.82 Å². The van der Waals surface area contributed by atoms with Gasteiger partial charge < -0.3 is 14.6 Å². The van der Waals surface area contributed by atoms with Gasteiger partial charge in [0.2, 0.25) is 0 Å². The molecule has 0 aliphatic carbocycles. The minimum atomic E-state index is -0.511. The number of H-pyrrole nitrogens is 1.